The van der Waals surface area contributed by atoms with Gasteiger partial charge in [0.05, 0.1) is 11.5 Å². The molecule has 4 aromatic heterocycles. The smallest absolute Gasteiger partial charge is 0 e. The number of aliphatic hydroxyl groups excluding tert-OH is 2. The van der Waals surface area contributed by atoms with Crippen LogP contribution in [0.15, 0.2) is 145 Å². The van der Waals surface area contributed by atoms with Crippen LogP contribution in [0.5, 0.6) is 0 Å². The van der Waals surface area contributed by atoms with Crippen molar-refractivity contribution in [2.24, 2.45) is 23.7 Å². The molecule has 0 saturated heterocycles. The van der Waals surface area contributed by atoms with E-state index in [1.165, 1.54) is 69.4 Å². The van der Waals surface area contributed by atoms with Gasteiger partial charge in [0.1, 0.15) is 0 Å². The number of nitrogens with zero attached hydrogens (tertiary/aromatic N) is 2. The van der Waals surface area contributed by atoms with Crippen molar-refractivity contribution in [2.75, 3.05) is 0 Å². The maximum Gasteiger partial charge on any atom is 0 e. The molecule has 10 heteroatoms. The van der Waals surface area contributed by atoms with Crippen molar-refractivity contribution in [1.82, 2.24) is 9.97 Å². The van der Waals surface area contributed by atoms with Crippen molar-refractivity contribution < 1.29 is 64.1 Å². The van der Waals surface area contributed by atoms with E-state index in [0.717, 1.165) is 106 Å². The molecule has 0 aliphatic carbocycles. The van der Waals surface area contributed by atoms with Gasteiger partial charge in [-0.1, -0.05) is 55.4 Å². The molecular formula is C78H92Ir2N2O4Se2-2. The number of hydrogen-bond donors (Lipinski definition) is 2. The molecule has 6 nitrogen and oxygen atoms in total. The fourth-order valence-electron chi connectivity index (χ4n) is 11.1. The number of rotatable bonds is 19. The van der Waals surface area contributed by atoms with Crippen molar-refractivity contribution in [2.45, 2.75) is 162 Å². The van der Waals surface area contributed by atoms with Crippen LogP contribution >= 0.6 is 0 Å². The van der Waals surface area contributed by atoms with E-state index in [2.05, 4.69) is 149 Å². The Morgan fingerprint density at radius 2 is 0.841 bits per heavy atom. The van der Waals surface area contributed by atoms with Crippen LogP contribution in [0, 0.1) is 91.1 Å². The summed E-state index contributed by atoms with van der Waals surface area (Å²) < 4.78 is 28.8. The van der Waals surface area contributed by atoms with E-state index in [1.54, 1.807) is 6.07 Å². The molecule has 4 heterocycles. The van der Waals surface area contributed by atoms with Crippen LogP contribution in [-0.4, -0.2) is 60.8 Å². The number of aliphatic hydroxyl groups is 2. The second-order valence-electron chi connectivity index (χ2n) is 22.8. The van der Waals surface area contributed by atoms with Crippen LogP contribution < -0.4 is 0 Å². The normalized spacial score (nSPS) is 12.1. The summed E-state index contributed by atoms with van der Waals surface area (Å²) in [7, 11) is 0. The van der Waals surface area contributed by atoms with Crippen LogP contribution in [0.1, 0.15) is 155 Å². The average molecular weight is 1670 g/mol. The van der Waals surface area contributed by atoms with E-state index in [0.29, 0.717) is 5.56 Å². The van der Waals surface area contributed by atoms with E-state index in [9.17, 15) is 19.8 Å². The first-order valence-electron chi connectivity index (χ1n) is 32.4. The molecule has 0 spiro atoms. The number of carbonyl (C=O) groups is 2. The van der Waals surface area contributed by atoms with Crippen LogP contribution in [0.3, 0.4) is 0 Å². The maximum absolute atomic E-state index is 11.7. The quantitative estimate of drug-likeness (QED) is 0.0362. The number of fused-ring (bicyclic) bond motifs is 2. The van der Waals surface area contributed by atoms with E-state index in [4.69, 9.17) is 9.10 Å². The minimum Gasteiger partial charge on any atom is 0 e. The molecule has 0 atom stereocenters. The van der Waals surface area contributed by atoms with E-state index in [1.807, 2.05) is 87.6 Å². The molecule has 0 amide bonds. The van der Waals surface area contributed by atoms with Gasteiger partial charge < -0.3 is 10.2 Å². The molecule has 88 heavy (non-hydrogen) atoms. The zero-order chi connectivity index (χ0) is 65.3. The van der Waals surface area contributed by atoms with Crippen molar-refractivity contribution >= 4 is 59.9 Å². The topological polar surface area (TPSA) is 100 Å². The summed E-state index contributed by atoms with van der Waals surface area (Å²) in [5, 5.41) is 21.9. The van der Waals surface area contributed by atoms with Crippen molar-refractivity contribution in [3.63, 3.8) is 0 Å². The molecule has 0 unspecified atom stereocenters. The predicted octanol–water partition coefficient (Wildman–Crippen LogP) is 20.7. The molecule has 9 aromatic rings. The number of aromatic nitrogens is 2. The zero-order valence-electron chi connectivity index (χ0n) is 57.3. The molecule has 0 bridgehead atoms. The van der Waals surface area contributed by atoms with Gasteiger partial charge in [-0.05, 0) is 51.4 Å². The Kier molecular flexibility index (Phi) is 29.1. The predicted molar refractivity (Wildman–Crippen MR) is 368 cm³/mol. The standard InChI is InChI=1S/C29H24NSe.C23H20NSe.2C13H24O2.2Ir/c1-18-12-19(2)14-24(13-18)26-15-25-16-27(31-28(25)17-30-26)22-8-10-23(11-9-22)29-20(3)6-5-7-21(29)4;1-14-8-15(2)10-18(9-14)20-11-19-12-21(25-22(19)13-24-20)23-16(3)6-5-7-17(23)4;2*1-5-10(6-2)12(14)9-13(15)11(7-3)8-4;;/h5-13,15-17H,1-4H3;5-9,11-13H,1-4H3;2*9-11,14H,5-8H2,1-4H3;;/q2*-1;;;;/i;3D3;;;;. The second kappa shape index (κ2) is 36.5. The number of pyridine rings is 2. The molecule has 2 N–H and O–H groups in total. The van der Waals surface area contributed by atoms with Gasteiger partial charge in [0, 0.05) is 76.0 Å². The molecule has 0 aliphatic heterocycles. The van der Waals surface area contributed by atoms with Gasteiger partial charge in [0.15, 0.2) is 11.6 Å². The van der Waals surface area contributed by atoms with Crippen molar-refractivity contribution in [3.05, 3.63) is 202 Å². The van der Waals surface area contributed by atoms with Crippen LogP contribution in [0.25, 0.3) is 72.9 Å². The van der Waals surface area contributed by atoms with E-state index >= 15 is 0 Å². The zero-order valence-corrected chi connectivity index (χ0v) is 62.5. The number of hydrogen-bond acceptors (Lipinski definition) is 6. The number of ketones is 2. The fourth-order valence-corrected chi connectivity index (χ4v) is 15.7. The van der Waals surface area contributed by atoms with Gasteiger partial charge in [-0.3, -0.25) is 9.59 Å². The largest absolute Gasteiger partial charge is 0 e. The van der Waals surface area contributed by atoms with E-state index in [-0.39, 0.29) is 116 Å². The molecule has 5 aromatic carbocycles. The third kappa shape index (κ3) is 20.3. The Bertz CT molecular complexity index is 3790. The number of benzene rings is 5. The SMILES string of the molecule is CCC(CC)C(=O)C=C(O)C(CC)CC.CCC(CC)C(=O)C=C(O)C(CC)CC.Cc1[c-]c(-c2cc3cc(-c4ccc(-c5c(C)cccc5C)cc4)[se]c3cn2)cc(C)c1.[2H]C([2H])([2H])c1cccc(C)c1-c1cc2cc(-c3[c-]c(C)cc(C)c3)ncc2[se]1.[Ir].[Ir]. The van der Waals surface area contributed by atoms with Gasteiger partial charge in [-0.15, -0.1) is 0 Å². The summed E-state index contributed by atoms with van der Waals surface area (Å²) >= 11 is 0.326. The first-order chi connectivity index (χ1) is 42.4. The van der Waals surface area contributed by atoms with Crippen molar-refractivity contribution in [1.29, 1.82) is 0 Å². The van der Waals surface area contributed by atoms with Crippen LogP contribution in [0.4, 0.5) is 0 Å². The number of allylic oxidation sites excluding steroid dienone is 4. The van der Waals surface area contributed by atoms with Gasteiger partial charge in [-0.2, -0.15) is 0 Å². The fraction of sp³-hybridized carbons (Fsp3) is 0.359. The first-order valence-corrected chi connectivity index (χ1v) is 34.3. The summed E-state index contributed by atoms with van der Waals surface area (Å²) in [5.74, 6) is 1.09. The Balaban J connectivity index is 0.000000271. The molecule has 0 aliphatic rings. The molecular weight excluding hydrogens is 1570 g/mol. The monoisotopic (exact) mass is 1670 g/mol. The van der Waals surface area contributed by atoms with Gasteiger partial charge in [0.2, 0.25) is 0 Å². The summed E-state index contributed by atoms with van der Waals surface area (Å²) in [6.07, 6.45) is 13.8. The molecule has 470 valence electrons. The summed E-state index contributed by atoms with van der Waals surface area (Å²) in [6.45, 7) is 28.7. The van der Waals surface area contributed by atoms with Gasteiger partial charge in [-0.25, -0.2) is 0 Å². The van der Waals surface area contributed by atoms with E-state index < -0.39 is 6.85 Å². The molecule has 2 radical (unpaired) electrons. The maximum atomic E-state index is 11.7. The summed E-state index contributed by atoms with van der Waals surface area (Å²) in [5.41, 5.74) is 17.6. The Morgan fingerprint density at radius 3 is 1.23 bits per heavy atom. The molecule has 0 saturated carbocycles. The minimum atomic E-state index is -2.12. The summed E-state index contributed by atoms with van der Waals surface area (Å²) in [6, 6.07) is 45.3. The van der Waals surface area contributed by atoms with Crippen LogP contribution in [-0.2, 0) is 49.8 Å². The van der Waals surface area contributed by atoms with Gasteiger partial charge in [0.25, 0.3) is 0 Å². The number of aryl methyl sites for hydroxylation is 8. The Labute approximate surface area is 570 Å². The minimum absolute atomic E-state index is 0. The Hall–Kier alpha value is -5.36. The van der Waals surface area contributed by atoms with Crippen LogP contribution in [0.2, 0.25) is 0 Å². The van der Waals surface area contributed by atoms with Gasteiger partial charge >= 0.3 is 350 Å². The molecule has 9 rings (SSSR count). The third-order valence-electron chi connectivity index (χ3n) is 16.3. The third-order valence-corrected chi connectivity index (χ3v) is 21.0. The average Bonchev–Trinajstić information content (AvgIpc) is 1.70. The number of carbonyl (C=O) groups excluding carboxylic acids is 2. The first kappa shape index (κ1) is 70.1. The Morgan fingerprint density at radius 1 is 0.477 bits per heavy atom. The second-order valence-corrected chi connectivity index (χ2v) is 27.3. The molecule has 0 fully saturated rings. The summed E-state index contributed by atoms with van der Waals surface area (Å²) in [4.78, 5) is 32.9. The van der Waals surface area contributed by atoms with Crippen molar-refractivity contribution in [3.8, 4) is 53.6 Å².